The number of nitrogens with zero attached hydrogens (tertiary/aromatic N) is 2. The molecule has 3 N–H and O–H groups in total. The number of anilines is 2. The first-order chi connectivity index (χ1) is 9.13. The van der Waals surface area contributed by atoms with Gasteiger partial charge in [-0.15, -0.1) is 10.2 Å². The molecule has 0 aromatic carbocycles. The number of hydrogen-bond donors (Lipinski definition) is 2. The summed E-state index contributed by atoms with van der Waals surface area (Å²) in [6.07, 6.45) is 2.02. The molecule has 0 spiro atoms. The van der Waals surface area contributed by atoms with E-state index in [1.54, 1.807) is 0 Å². The molecule has 2 aromatic rings. The average molecular weight is 280 g/mol. The molecule has 0 aliphatic carbocycles. The maximum Gasteiger partial charge on any atom is 0.293 e. The lowest BCUT2D eigenvalue weighted by molar-refractivity contribution is 0.0997. The minimum absolute atomic E-state index is 0.164. The summed E-state index contributed by atoms with van der Waals surface area (Å²) in [4.78, 5) is 11.8. The molecule has 0 bridgehead atoms. The van der Waals surface area contributed by atoms with E-state index in [0.717, 1.165) is 17.8 Å². The van der Waals surface area contributed by atoms with E-state index in [0.29, 0.717) is 11.0 Å². The van der Waals surface area contributed by atoms with E-state index in [9.17, 15) is 4.79 Å². The monoisotopic (exact) mass is 280 g/mol. The second-order valence-electron chi connectivity index (χ2n) is 4.12. The van der Waals surface area contributed by atoms with Crippen molar-refractivity contribution in [3.8, 4) is 0 Å². The van der Waals surface area contributed by atoms with Crippen molar-refractivity contribution in [1.82, 2.24) is 10.2 Å². The van der Waals surface area contributed by atoms with Crippen LogP contribution >= 0.6 is 11.3 Å². The molecule has 2 aromatic heterocycles. The largest absolute Gasteiger partial charge is 0.436 e. The highest BCUT2D eigenvalue weighted by molar-refractivity contribution is 7.15. The van der Waals surface area contributed by atoms with Crippen molar-refractivity contribution in [1.29, 1.82) is 0 Å². The van der Waals surface area contributed by atoms with Crippen LogP contribution in [0.4, 0.5) is 11.0 Å². The maximum atomic E-state index is 11.8. The van der Waals surface area contributed by atoms with E-state index >= 15 is 0 Å². The van der Waals surface area contributed by atoms with Crippen molar-refractivity contribution < 1.29 is 9.21 Å². The second-order valence-corrected chi connectivity index (χ2v) is 5.12. The molecule has 19 heavy (non-hydrogen) atoms. The van der Waals surface area contributed by atoms with Crippen LogP contribution in [0.1, 0.15) is 48.2 Å². The van der Waals surface area contributed by atoms with Crippen LogP contribution in [0.15, 0.2) is 16.5 Å². The Hall–Kier alpha value is -1.89. The van der Waals surface area contributed by atoms with Crippen molar-refractivity contribution in [3.05, 3.63) is 22.9 Å². The zero-order valence-electron chi connectivity index (χ0n) is 10.8. The number of amides is 1. The van der Waals surface area contributed by atoms with Crippen LogP contribution in [0, 0.1) is 0 Å². The molecule has 2 rings (SSSR count). The third-order valence-electron chi connectivity index (χ3n) is 2.85. The smallest absolute Gasteiger partial charge is 0.293 e. The standard InChI is InChI=1S/C12H16N4O2S/c1-3-7(4-2)11-15-16-12(19-11)14-10(17)8-5-6-9(13)18-8/h5-7H,3-4,13H2,1-2H3,(H,14,16,17). The first-order valence-corrected chi connectivity index (χ1v) is 6.95. The fraction of sp³-hybridized carbons (Fsp3) is 0.417. The number of nitrogens with one attached hydrogen (secondary N) is 1. The van der Waals surface area contributed by atoms with Crippen molar-refractivity contribution in [2.45, 2.75) is 32.6 Å². The predicted molar refractivity (Wildman–Crippen MR) is 74.3 cm³/mol. The lowest BCUT2D eigenvalue weighted by atomic mass is 10.1. The number of furan rings is 1. The summed E-state index contributed by atoms with van der Waals surface area (Å²) in [7, 11) is 0. The van der Waals surface area contributed by atoms with Crippen LogP contribution in [0.5, 0.6) is 0 Å². The van der Waals surface area contributed by atoms with Crippen LogP contribution in [-0.2, 0) is 0 Å². The van der Waals surface area contributed by atoms with Gasteiger partial charge in [-0.3, -0.25) is 10.1 Å². The van der Waals surface area contributed by atoms with E-state index in [1.807, 2.05) is 0 Å². The first-order valence-electron chi connectivity index (χ1n) is 6.14. The molecule has 6 nitrogen and oxygen atoms in total. The van der Waals surface area contributed by atoms with Gasteiger partial charge in [-0.2, -0.15) is 0 Å². The molecule has 0 radical (unpaired) electrons. The van der Waals surface area contributed by atoms with E-state index in [2.05, 4.69) is 29.4 Å². The number of nitrogens with two attached hydrogens (primary N) is 1. The Kier molecular flexibility index (Phi) is 4.16. The third-order valence-corrected chi connectivity index (χ3v) is 3.85. The number of carbonyl (C=O) groups is 1. The summed E-state index contributed by atoms with van der Waals surface area (Å²) in [5.74, 6) is 0.392. The van der Waals surface area contributed by atoms with Gasteiger partial charge < -0.3 is 10.2 Å². The minimum Gasteiger partial charge on any atom is -0.436 e. The summed E-state index contributed by atoms with van der Waals surface area (Å²) >= 11 is 1.39. The van der Waals surface area contributed by atoms with Gasteiger partial charge in [-0.1, -0.05) is 25.2 Å². The van der Waals surface area contributed by atoms with E-state index in [4.69, 9.17) is 10.2 Å². The van der Waals surface area contributed by atoms with Gasteiger partial charge in [-0.25, -0.2) is 0 Å². The molecule has 0 saturated heterocycles. The summed E-state index contributed by atoms with van der Waals surface area (Å²) in [5, 5.41) is 12.1. The van der Waals surface area contributed by atoms with Crippen molar-refractivity contribution in [2.75, 3.05) is 11.1 Å². The van der Waals surface area contributed by atoms with Crippen molar-refractivity contribution in [2.24, 2.45) is 0 Å². The van der Waals surface area contributed by atoms with Gasteiger partial charge in [0.25, 0.3) is 5.91 Å². The molecule has 0 atom stereocenters. The lowest BCUT2D eigenvalue weighted by Gasteiger charge is -2.05. The number of carbonyl (C=O) groups excluding carboxylic acids is 1. The van der Waals surface area contributed by atoms with E-state index in [-0.39, 0.29) is 17.6 Å². The lowest BCUT2D eigenvalue weighted by Crippen LogP contribution is -2.10. The average Bonchev–Trinajstić information content (AvgIpc) is 3.00. The molecule has 2 heterocycles. The third kappa shape index (κ3) is 3.11. The van der Waals surface area contributed by atoms with Gasteiger partial charge >= 0.3 is 0 Å². The van der Waals surface area contributed by atoms with Gasteiger partial charge in [0, 0.05) is 12.0 Å². The molecule has 0 fully saturated rings. The van der Waals surface area contributed by atoms with Gasteiger partial charge in [-0.05, 0) is 18.9 Å². The molecular weight excluding hydrogens is 264 g/mol. The molecular formula is C12H16N4O2S. The Labute approximate surface area is 115 Å². The molecule has 0 aliphatic heterocycles. The molecule has 102 valence electrons. The Morgan fingerprint density at radius 2 is 2.16 bits per heavy atom. The summed E-state index contributed by atoms with van der Waals surface area (Å²) in [6.45, 7) is 4.22. The van der Waals surface area contributed by atoms with Crippen molar-refractivity contribution >= 4 is 28.3 Å². The Morgan fingerprint density at radius 3 is 2.74 bits per heavy atom. The van der Waals surface area contributed by atoms with Crippen LogP contribution in [0.2, 0.25) is 0 Å². The number of hydrogen-bond acceptors (Lipinski definition) is 6. The highest BCUT2D eigenvalue weighted by Crippen LogP contribution is 2.28. The van der Waals surface area contributed by atoms with E-state index in [1.165, 1.54) is 23.5 Å². The SMILES string of the molecule is CCC(CC)c1nnc(NC(=O)c2ccc(N)o2)s1. The first kappa shape index (κ1) is 13.5. The fourth-order valence-corrected chi connectivity index (χ4v) is 2.73. The quantitative estimate of drug-likeness (QED) is 0.878. The molecule has 0 unspecified atom stereocenters. The second kappa shape index (κ2) is 5.83. The van der Waals surface area contributed by atoms with Gasteiger partial charge in [0.15, 0.2) is 11.6 Å². The number of nitrogen functional groups attached to an aromatic ring is 1. The Morgan fingerprint density at radius 1 is 1.42 bits per heavy atom. The topological polar surface area (TPSA) is 94.0 Å². The Balaban J connectivity index is 2.06. The van der Waals surface area contributed by atoms with Gasteiger partial charge in [0.1, 0.15) is 5.01 Å². The molecule has 1 amide bonds. The minimum atomic E-state index is -0.371. The van der Waals surface area contributed by atoms with Gasteiger partial charge in [0.2, 0.25) is 5.13 Å². The van der Waals surface area contributed by atoms with E-state index < -0.39 is 0 Å². The molecule has 0 saturated carbocycles. The zero-order valence-corrected chi connectivity index (χ0v) is 11.7. The predicted octanol–water partition coefficient (Wildman–Crippen LogP) is 2.87. The normalized spacial score (nSPS) is 10.9. The number of aromatic nitrogens is 2. The fourth-order valence-electron chi connectivity index (χ4n) is 1.72. The highest BCUT2D eigenvalue weighted by Gasteiger charge is 2.16. The molecule has 0 aliphatic rings. The van der Waals surface area contributed by atoms with Crippen LogP contribution < -0.4 is 11.1 Å². The van der Waals surface area contributed by atoms with Crippen LogP contribution in [0.3, 0.4) is 0 Å². The van der Waals surface area contributed by atoms with Crippen molar-refractivity contribution in [3.63, 3.8) is 0 Å². The summed E-state index contributed by atoms with van der Waals surface area (Å²) < 4.78 is 5.04. The summed E-state index contributed by atoms with van der Waals surface area (Å²) in [5.41, 5.74) is 5.42. The molecule has 7 heteroatoms. The summed E-state index contributed by atoms with van der Waals surface area (Å²) in [6, 6.07) is 3.05. The maximum absolute atomic E-state index is 11.8. The zero-order chi connectivity index (χ0) is 13.8. The highest BCUT2D eigenvalue weighted by atomic mass is 32.1. The van der Waals surface area contributed by atoms with Crippen LogP contribution in [0.25, 0.3) is 0 Å². The Bertz CT molecular complexity index is 560. The number of rotatable bonds is 5. The van der Waals surface area contributed by atoms with Gasteiger partial charge in [0.05, 0.1) is 0 Å². The van der Waals surface area contributed by atoms with Crippen LogP contribution in [-0.4, -0.2) is 16.1 Å².